The van der Waals surface area contributed by atoms with Gasteiger partial charge in [0.25, 0.3) is 0 Å². The SMILES string of the molecule is N#Cc1c(F)ccc(C=CC(=O)O)c1F. The van der Waals surface area contributed by atoms with Crippen LogP contribution in [0.5, 0.6) is 0 Å². The van der Waals surface area contributed by atoms with E-state index >= 15 is 0 Å². The lowest BCUT2D eigenvalue weighted by molar-refractivity contribution is -0.131. The molecule has 76 valence electrons. The Morgan fingerprint density at radius 2 is 2.13 bits per heavy atom. The molecule has 15 heavy (non-hydrogen) atoms. The van der Waals surface area contributed by atoms with Crippen molar-refractivity contribution in [2.24, 2.45) is 0 Å². The van der Waals surface area contributed by atoms with Crippen LogP contribution in [0.4, 0.5) is 8.78 Å². The molecule has 0 amide bonds. The van der Waals surface area contributed by atoms with E-state index in [0.29, 0.717) is 6.08 Å². The molecule has 3 nitrogen and oxygen atoms in total. The second-order valence-corrected chi connectivity index (χ2v) is 2.61. The minimum Gasteiger partial charge on any atom is -0.478 e. The fraction of sp³-hybridized carbons (Fsp3) is 0. The molecule has 0 spiro atoms. The van der Waals surface area contributed by atoms with Crippen molar-refractivity contribution in [2.75, 3.05) is 0 Å². The Balaban J connectivity index is 3.23. The van der Waals surface area contributed by atoms with E-state index in [9.17, 15) is 13.6 Å². The predicted octanol–water partition coefficient (Wildman–Crippen LogP) is 1.93. The van der Waals surface area contributed by atoms with Crippen LogP contribution in [0.3, 0.4) is 0 Å². The first-order chi connectivity index (χ1) is 7.06. The summed E-state index contributed by atoms with van der Waals surface area (Å²) >= 11 is 0. The van der Waals surface area contributed by atoms with Gasteiger partial charge in [-0.3, -0.25) is 0 Å². The third-order valence-corrected chi connectivity index (χ3v) is 1.64. The molecular weight excluding hydrogens is 204 g/mol. The summed E-state index contributed by atoms with van der Waals surface area (Å²) in [6, 6.07) is 3.33. The summed E-state index contributed by atoms with van der Waals surface area (Å²) in [6.45, 7) is 0. The molecule has 0 aliphatic carbocycles. The molecular formula is C10H5F2NO2. The third kappa shape index (κ3) is 2.38. The Morgan fingerprint density at radius 3 is 2.67 bits per heavy atom. The maximum atomic E-state index is 13.3. The van der Waals surface area contributed by atoms with Crippen LogP contribution in [0.2, 0.25) is 0 Å². The van der Waals surface area contributed by atoms with E-state index in [0.717, 1.165) is 18.2 Å². The summed E-state index contributed by atoms with van der Waals surface area (Å²) in [7, 11) is 0. The highest BCUT2D eigenvalue weighted by Crippen LogP contribution is 2.17. The van der Waals surface area contributed by atoms with Gasteiger partial charge >= 0.3 is 5.97 Å². The predicted molar refractivity (Wildman–Crippen MR) is 47.7 cm³/mol. The number of aliphatic carboxylic acids is 1. The minimum atomic E-state index is -1.25. The van der Waals surface area contributed by atoms with Gasteiger partial charge < -0.3 is 5.11 Å². The van der Waals surface area contributed by atoms with Gasteiger partial charge in [0.2, 0.25) is 0 Å². The lowest BCUT2D eigenvalue weighted by atomic mass is 10.1. The molecule has 0 aliphatic heterocycles. The first kappa shape index (κ1) is 10.9. The number of hydrogen-bond donors (Lipinski definition) is 1. The Hall–Kier alpha value is -2.22. The average Bonchev–Trinajstić information content (AvgIpc) is 2.17. The summed E-state index contributed by atoms with van der Waals surface area (Å²) in [4.78, 5) is 10.2. The highest BCUT2D eigenvalue weighted by molar-refractivity contribution is 5.85. The molecule has 1 N–H and O–H groups in total. The highest BCUT2D eigenvalue weighted by atomic mass is 19.1. The molecule has 1 aromatic rings. The van der Waals surface area contributed by atoms with E-state index < -0.39 is 23.2 Å². The Labute approximate surface area is 83.9 Å². The Kier molecular flexibility index (Phi) is 3.13. The lowest BCUT2D eigenvalue weighted by Gasteiger charge is -1.99. The smallest absolute Gasteiger partial charge is 0.328 e. The molecule has 5 heteroatoms. The number of halogens is 2. The second kappa shape index (κ2) is 4.33. The van der Waals surface area contributed by atoms with Crippen LogP contribution in [-0.4, -0.2) is 11.1 Å². The zero-order valence-corrected chi connectivity index (χ0v) is 7.37. The van der Waals surface area contributed by atoms with E-state index in [1.54, 1.807) is 0 Å². The van der Waals surface area contributed by atoms with Crippen LogP contribution < -0.4 is 0 Å². The highest BCUT2D eigenvalue weighted by Gasteiger charge is 2.11. The second-order valence-electron chi connectivity index (χ2n) is 2.61. The van der Waals surface area contributed by atoms with Gasteiger partial charge in [0.05, 0.1) is 0 Å². The van der Waals surface area contributed by atoms with Gasteiger partial charge in [-0.2, -0.15) is 5.26 Å². The zero-order chi connectivity index (χ0) is 11.4. The van der Waals surface area contributed by atoms with Gasteiger partial charge in [-0.05, 0) is 18.2 Å². The van der Waals surface area contributed by atoms with Crippen LogP contribution in [0, 0.1) is 23.0 Å². The summed E-state index contributed by atoms with van der Waals surface area (Å²) in [5, 5.41) is 16.7. The third-order valence-electron chi connectivity index (χ3n) is 1.64. The summed E-state index contributed by atoms with van der Waals surface area (Å²) in [5.74, 6) is -3.28. The standard InChI is InChI=1S/C10H5F2NO2/c11-8-3-1-6(2-4-9(14)15)10(12)7(8)5-13/h1-4H,(H,14,15). The normalized spacial score (nSPS) is 10.2. The number of carboxylic acid groups (broad SMARTS) is 1. The molecule has 0 atom stereocenters. The van der Waals surface area contributed by atoms with Crippen LogP contribution in [0.1, 0.15) is 11.1 Å². The lowest BCUT2D eigenvalue weighted by Crippen LogP contribution is -1.94. The van der Waals surface area contributed by atoms with Gasteiger partial charge in [0, 0.05) is 11.6 Å². The topological polar surface area (TPSA) is 61.1 Å². The van der Waals surface area contributed by atoms with Crippen molar-refractivity contribution in [3.63, 3.8) is 0 Å². The number of rotatable bonds is 2. The molecule has 0 aliphatic rings. The van der Waals surface area contributed by atoms with Crippen LogP contribution >= 0.6 is 0 Å². The quantitative estimate of drug-likeness (QED) is 0.757. The average molecular weight is 209 g/mol. The molecule has 1 rings (SSSR count). The van der Waals surface area contributed by atoms with Gasteiger partial charge in [-0.15, -0.1) is 0 Å². The van der Waals surface area contributed by atoms with E-state index in [1.165, 1.54) is 6.07 Å². The molecule has 0 unspecified atom stereocenters. The van der Waals surface area contributed by atoms with Gasteiger partial charge in [-0.25, -0.2) is 13.6 Å². The summed E-state index contributed by atoms with van der Waals surface area (Å²) in [6.07, 6.45) is 1.66. The van der Waals surface area contributed by atoms with Crippen molar-refractivity contribution in [2.45, 2.75) is 0 Å². The fourth-order valence-electron chi connectivity index (χ4n) is 0.961. The van der Waals surface area contributed by atoms with E-state index in [2.05, 4.69) is 0 Å². The number of hydrogen-bond acceptors (Lipinski definition) is 2. The molecule has 0 aromatic heterocycles. The van der Waals surface area contributed by atoms with E-state index in [-0.39, 0.29) is 5.56 Å². The van der Waals surface area contributed by atoms with Crippen LogP contribution in [0.25, 0.3) is 6.08 Å². The molecule has 1 aromatic carbocycles. The number of carbonyl (C=O) groups is 1. The molecule has 0 radical (unpaired) electrons. The van der Waals surface area contributed by atoms with Gasteiger partial charge in [0.1, 0.15) is 17.4 Å². The van der Waals surface area contributed by atoms with Crippen LogP contribution in [0.15, 0.2) is 18.2 Å². The molecule has 0 saturated heterocycles. The van der Waals surface area contributed by atoms with Crippen molar-refractivity contribution >= 4 is 12.0 Å². The fourth-order valence-corrected chi connectivity index (χ4v) is 0.961. The van der Waals surface area contributed by atoms with Gasteiger partial charge in [-0.1, -0.05) is 0 Å². The van der Waals surface area contributed by atoms with Gasteiger partial charge in [0.15, 0.2) is 5.82 Å². The maximum absolute atomic E-state index is 13.3. The zero-order valence-electron chi connectivity index (χ0n) is 7.37. The van der Waals surface area contributed by atoms with Crippen molar-refractivity contribution in [3.05, 3.63) is 41.0 Å². The maximum Gasteiger partial charge on any atom is 0.328 e. The van der Waals surface area contributed by atoms with Crippen molar-refractivity contribution in [3.8, 4) is 6.07 Å². The largest absolute Gasteiger partial charge is 0.478 e. The number of nitrogens with zero attached hydrogens (tertiary/aromatic N) is 1. The Morgan fingerprint density at radius 1 is 1.47 bits per heavy atom. The number of benzene rings is 1. The van der Waals surface area contributed by atoms with E-state index in [1.807, 2.05) is 0 Å². The van der Waals surface area contributed by atoms with Crippen molar-refractivity contribution in [1.82, 2.24) is 0 Å². The summed E-state index contributed by atoms with van der Waals surface area (Å²) < 4.78 is 26.1. The monoisotopic (exact) mass is 209 g/mol. The first-order valence-corrected chi connectivity index (χ1v) is 3.85. The number of nitriles is 1. The summed E-state index contributed by atoms with van der Waals surface area (Å²) in [5.41, 5.74) is -0.863. The number of carboxylic acids is 1. The van der Waals surface area contributed by atoms with Crippen LogP contribution in [-0.2, 0) is 4.79 Å². The molecule has 0 saturated carbocycles. The molecule has 0 fully saturated rings. The molecule has 0 heterocycles. The van der Waals surface area contributed by atoms with Crippen molar-refractivity contribution in [1.29, 1.82) is 5.26 Å². The first-order valence-electron chi connectivity index (χ1n) is 3.85. The molecule has 0 bridgehead atoms. The van der Waals surface area contributed by atoms with Crippen molar-refractivity contribution < 1.29 is 18.7 Å². The minimum absolute atomic E-state index is 0.143. The van der Waals surface area contributed by atoms with E-state index in [4.69, 9.17) is 10.4 Å². The Bertz CT molecular complexity index is 475.